The van der Waals surface area contributed by atoms with E-state index in [4.69, 9.17) is 4.74 Å². The van der Waals surface area contributed by atoms with Crippen molar-refractivity contribution >= 4 is 43.6 Å². The first-order valence-corrected chi connectivity index (χ1v) is 6.88. The standard InChI is InChI=1S/C8H14Br2OS/c1-8(2,10)7-5-11-4-6(3-9)12-7/h6-7H,3-5H2,1-2H3. The van der Waals surface area contributed by atoms with Crippen molar-refractivity contribution in [3.05, 3.63) is 0 Å². The van der Waals surface area contributed by atoms with Crippen LogP contribution in [0, 0.1) is 0 Å². The van der Waals surface area contributed by atoms with Crippen LogP contribution in [0.5, 0.6) is 0 Å². The van der Waals surface area contributed by atoms with Crippen molar-refractivity contribution in [2.24, 2.45) is 0 Å². The lowest BCUT2D eigenvalue weighted by atomic mass is 10.1. The van der Waals surface area contributed by atoms with Crippen LogP contribution in [0.1, 0.15) is 13.8 Å². The third-order valence-electron chi connectivity index (χ3n) is 1.87. The number of halogens is 2. The first-order chi connectivity index (χ1) is 5.54. The molecule has 1 heterocycles. The van der Waals surface area contributed by atoms with Crippen LogP contribution in [0.2, 0.25) is 0 Å². The highest BCUT2D eigenvalue weighted by Crippen LogP contribution is 2.36. The van der Waals surface area contributed by atoms with Gasteiger partial charge in [-0.25, -0.2) is 0 Å². The van der Waals surface area contributed by atoms with E-state index in [1.165, 1.54) is 0 Å². The van der Waals surface area contributed by atoms with Gasteiger partial charge in [0.15, 0.2) is 0 Å². The minimum atomic E-state index is 0.179. The molecule has 0 radical (unpaired) electrons. The van der Waals surface area contributed by atoms with Crippen LogP contribution >= 0.6 is 43.6 Å². The molecule has 2 unspecified atom stereocenters. The Morgan fingerprint density at radius 3 is 2.67 bits per heavy atom. The van der Waals surface area contributed by atoms with Gasteiger partial charge in [-0.2, -0.15) is 0 Å². The van der Waals surface area contributed by atoms with Gasteiger partial charge in [-0.05, 0) is 13.8 Å². The summed E-state index contributed by atoms with van der Waals surface area (Å²) < 4.78 is 5.71. The lowest BCUT2D eigenvalue weighted by molar-refractivity contribution is 0.125. The fourth-order valence-corrected chi connectivity index (χ4v) is 3.37. The molecule has 1 rings (SSSR count). The summed E-state index contributed by atoms with van der Waals surface area (Å²) >= 11 is 9.19. The quantitative estimate of drug-likeness (QED) is 0.724. The monoisotopic (exact) mass is 316 g/mol. The fraction of sp³-hybridized carbons (Fsp3) is 1.00. The van der Waals surface area contributed by atoms with E-state index in [1.54, 1.807) is 0 Å². The van der Waals surface area contributed by atoms with E-state index in [9.17, 15) is 0 Å². The van der Waals surface area contributed by atoms with E-state index in [1.807, 2.05) is 11.8 Å². The topological polar surface area (TPSA) is 9.23 Å². The van der Waals surface area contributed by atoms with E-state index in [0.717, 1.165) is 18.5 Å². The fourth-order valence-electron chi connectivity index (χ4n) is 1.06. The molecule has 0 bridgehead atoms. The number of alkyl halides is 2. The lowest BCUT2D eigenvalue weighted by Crippen LogP contribution is -2.39. The maximum atomic E-state index is 5.53. The second-order valence-corrected chi connectivity index (χ2v) is 7.70. The van der Waals surface area contributed by atoms with Crippen LogP contribution < -0.4 is 0 Å². The van der Waals surface area contributed by atoms with Crippen molar-refractivity contribution in [3.8, 4) is 0 Å². The molecule has 0 aliphatic carbocycles. The predicted molar refractivity (Wildman–Crippen MR) is 62.8 cm³/mol. The Labute approximate surface area is 95.3 Å². The zero-order chi connectivity index (χ0) is 9.19. The van der Waals surface area contributed by atoms with Crippen LogP contribution in [0.3, 0.4) is 0 Å². The minimum absolute atomic E-state index is 0.179. The van der Waals surface area contributed by atoms with Crippen LogP contribution in [0.25, 0.3) is 0 Å². The smallest absolute Gasteiger partial charge is 0.0599 e. The molecule has 1 nitrogen and oxygen atoms in total. The van der Waals surface area contributed by atoms with Gasteiger partial charge in [0.2, 0.25) is 0 Å². The first-order valence-electron chi connectivity index (χ1n) is 4.02. The summed E-state index contributed by atoms with van der Waals surface area (Å²) in [7, 11) is 0. The maximum Gasteiger partial charge on any atom is 0.0599 e. The van der Waals surface area contributed by atoms with Crippen LogP contribution in [-0.2, 0) is 4.74 Å². The third kappa shape index (κ3) is 3.20. The molecular weight excluding hydrogens is 304 g/mol. The van der Waals surface area contributed by atoms with Crippen molar-refractivity contribution < 1.29 is 4.74 Å². The van der Waals surface area contributed by atoms with E-state index in [2.05, 4.69) is 45.7 Å². The van der Waals surface area contributed by atoms with Gasteiger partial charge in [0.05, 0.1) is 13.2 Å². The number of ether oxygens (including phenoxy) is 1. The van der Waals surface area contributed by atoms with Gasteiger partial charge in [-0.3, -0.25) is 0 Å². The van der Waals surface area contributed by atoms with E-state index in [-0.39, 0.29) is 4.32 Å². The normalized spacial score (nSPS) is 32.0. The number of hydrogen-bond donors (Lipinski definition) is 0. The average molecular weight is 318 g/mol. The molecule has 4 heteroatoms. The molecule has 72 valence electrons. The van der Waals surface area contributed by atoms with Crippen LogP contribution in [-0.4, -0.2) is 33.4 Å². The molecule has 12 heavy (non-hydrogen) atoms. The zero-order valence-electron chi connectivity index (χ0n) is 7.35. The highest BCUT2D eigenvalue weighted by Gasteiger charge is 2.32. The largest absolute Gasteiger partial charge is 0.379 e. The summed E-state index contributed by atoms with van der Waals surface area (Å²) in [5, 5.41) is 2.20. The molecule has 0 aromatic rings. The minimum Gasteiger partial charge on any atom is -0.379 e. The molecule has 1 saturated heterocycles. The Kier molecular flexibility index (Phi) is 4.41. The van der Waals surface area contributed by atoms with Gasteiger partial charge < -0.3 is 4.74 Å². The summed E-state index contributed by atoms with van der Waals surface area (Å²) in [6.45, 7) is 6.15. The van der Waals surface area contributed by atoms with Crippen molar-refractivity contribution in [1.29, 1.82) is 0 Å². The highest BCUT2D eigenvalue weighted by atomic mass is 79.9. The summed E-state index contributed by atoms with van der Waals surface area (Å²) in [4.78, 5) is 0. The SMILES string of the molecule is CC(C)(Br)C1COCC(CBr)S1. The lowest BCUT2D eigenvalue weighted by Gasteiger charge is -2.35. The van der Waals surface area contributed by atoms with Gasteiger partial charge in [0.1, 0.15) is 0 Å². The van der Waals surface area contributed by atoms with Crippen molar-refractivity contribution in [1.82, 2.24) is 0 Å². The molecule has 0 amide bonds. The summed E-state index contributed by atoms with van der Waals surface area (Å²) in [6.07, 6.45) is 0. The maximum absolute atomic E-state index is 5.53. The summed E-state index contributed by atoms with van der Waals surface area (Å²) in [5.41, 5.74) is 0. The molecule has 1 aliphatic heterocycles. The molecule has 0 aromatic heterocycles. The third-order valence-corrected chi connectivity index (χ3v) is 5.67. The second kappa shape index (κ2) is 4.67. The molecular formula is C8H14Br2OS. The second-order valence-electron chi connectivity index (χ2n) is 3.50. The van der Waals surface area contributed by atoms with Crippen molar-refractivity contribution in [3.63, 3.8) is 0 Å². The molecule has 0 aromatic carbocycles. The number of thioether (sulfide) groups is 1. The molecule has 2 atom stereocenters. The van der Waals surface area contributed by atoms with Gasteiger partial charge >= 0.3 is 0 Å². The van der Waals surface area contributed by atoms with E-state index >= 15 is 0 Å². The van der Waals surface area contributed by atoms with Gasteiger partial charge in [0, 0.05) is 20.2 Å². The Morgan fingerprint density at radius 2 is 2.17 bits per heavy atom. The molecule has 0 spiro atoms. The highest BCUT2D eigenvalue weighted by molar-refractivity contribution is 9.10. The van der Waals surface area contributed by atoms with Crippen LogP contribution in [0.4, 0.5) is 0 Å². The van der Waals surface area contributed by atoms with Gasteiger partial charge in [-0.1, -0.05) is 31.9 Å². The van der Waals surface area contributed by atoms with Crippen LogP contribution in [0.15, 0.2) is 0 Å². The Bertz CT molecular complexity index is 146. The first kappa shape index (κ1) is 11.3. The Balaban J connectivity index is 2.46. The molecule has 0 saturated carbocycles. The number of rotatable bonds is 2. The van der Waals surface area contributed by atoms with E-state index in [0.29, 0.717) is 10.5 Å². The zero-order valence-corrected chi connectivity index (χ0v) is 11.3. The van der Waals surface area contributed by atoms with Crippen molar-refractivity contribution in [2.45, 2.75) is 28.7 Å². The number of hydrogen-bond acceptors (Lipinski definition) is 2. The summed E-state index contributed by atoms with van der Waals surface area (Å²) in [5.74, 6) is 0. The Hall–Kier alpha value is 1.27. The Morgan fingerprint density at radius 1 is 1.50 bits per heavy atom. The molecule has 1 fully saturated rings. The van der Waals surface area contributed by atoms with E-state index < -0.39 is 0 Å². The van der Waals surface area contributed by atoms with Gasteiger partial charge in [0.25, 0.3) is 0 Å². The van der Waals surface area contributed by atoms with Gasteiger partial charge in [-0.15, -0.1) is 11.8 Å². The van der Waals surface area contributed by atoms with Crippen molar-refractivity contribution in [2.75, 3.05) is 18.5 Å². The molecule has 1 aliphatic rings. The average Bonchev–Trinajstić information content (AvgIpc) is 2.03. The predicted octanol–water partition coefficient (Wildman–Crippen LogP) is 3.06. The molecule has 0 N–H and O–H groups in total. The summed E-state index contributed by atoms with van der Waals surface area (Å²) in [6, 6.07) is 0.